The monoisotopic (exact) mass is 170 g/mol. The smallest absolute Gasteiger partial charge is 0.0954 e. The predicted octanol–water partition coefficient (Wildman–Crippen LogP) is 2.74. The highest BCUT2D eigenvalue weighted by Crippen LogP contribution is 2.10. The number of rotatable bonds is 4. The largest absolute Gasteiger partial charge is 0.361 e. The van der Waals surface area contributed by atoms with Crippen molar-refractivity contribution in [2.75, 3.05) is 7.05 Å². The van der Waals surface area contributed by atoms with Crippen LogP contribution in [-0.4, -0.2) is 23.8 Å². The summed E-state index contributed by atoms with van der Waals surface area (Å²) in [6, 6.07) is 0.498. The fourth-order valence-electron chi connectivity index (χ4n) is 1.36. The van der Waals surface area contributed by atoms with E-state index >= 15 is 0 Å². The van der Waals surface area contributed by atoms with Gasteiger partial charge in [0, 0.05) is 19.5 Å². The minimum Gasteiger partial charge on any atom is -0.361 e. The molecule has 0 rings (SSSR count). The maximum Gasteiger partial charge on any atom is 0.0954 e. The SMILES string of the molecule is CCC(=N)N(C)C(C)CC(C)C. The molecule has 0 aromatic heterocycles. The quantitative estimate of drug-likeness (QED) is 0.510. The van der Waals surface area contributed by atoms with Crippen molar-refractivity contribution in [3.05, 3.63) is 0 Å². The molecule has 1 unspecified atom stereocenters. The molecule has 0 spiro atoms. The Balaban J connectivity index is 3.91. The first-order chi connectivity index (χ1) is 5.49. The van der Waals surface area contributed by atoms with Crippen LogP contribution in [0.1, 0.15) is 40.5 Å². The maximum atomic E-state index is 7.64. The third-order valence-corrected chi connectivity index (χ3v) is 2.23. The third-order valence-electron chi connectivity index (χ3n) is 2.23. The third kappa shape index (κ3) is 3.74. The van der Waals surface area contributed by atoms with Crippen molar-refractivity contribution < 1.29 is 0 Å². The Bertz CT molecular complexity index is 141. The summed E-state index contributed by atoms with van der Waals surface area (Å²) in [6.07, 6.45) is 2.00. The molecule has 0 radical (unpaired) electrons. The summed E-state index contributed by atoms with van der Waals surface area (Å²) in [4.78, 5) is 2.07. The Morgan fingerprint density at radius 2 is 1.83 bits per heavy atom. The lowest BCUT2D eigenvalue weighted by Crippen LogP contribution is -2.34. The number of nitrogens with one attached hydrogen (secondary N) is 1. The molecule has 1 atom stereocenters. The lowest BCUT2D eigenvalue weighted by Gasteiger charge is -2.28. The zero-order chi connectivity index (χ0) is 9.72. The van der Waals surface area contributed by atoms with E-state index in [4.69, 9.17) is 5.41 Å². The highest BCUT2D eigenvalue weighted by molar-refractivity contribution is 5.78. The van der Waals surface area contributed by atoms with E-state index in [2.05, 4.69) is 25.7 Å². The molecule has 0 aromatic carbocycles. The van der Waals surface area contributed by atoms with Crippen LogP contribution in [0.3, 0.4) is 0 Å². The molecule has 0 aliphatic rings. The van der Waals surface area contributed by atoms with Crippen LogP contribution in [0.25, 0.3) is 0 Å². The fourth-order valence-corrected chi connectivity index (χ4v) is 1.36. The molecule has 0 saturated heterocycles. The van der Waals surface area contributed by atoms with Crippen LogP contribution in [0.5, 0.6) is 0 Å². The molecule has 72 valence electrons. The summed E-state index contributed by atoms with van der Waals surface area (Å²) in [5, 5.41) is 7.64. The summed E-state index contributed by atoms with van der Waals surface area (Å²) in [5.74, 6) is 1.45. The Labute approximate surface area is 76.5 Å². The van der Waals surface area contributed by atoms with Crippen LogP contribution in [0.4, 0.5) is 0 Å². The predicted molar refractivity (Wildman–Crippen MR) is 54.7 cm³/mol. The van der Waals surface area contributed by atoms with Gasteiger partial charge in [-0.05, 0) is 19.3 Å². The molecular formula is C10H22N2. The fraction of sp³-hybridized carbons (Fsp3) is 0.900. The summed E-state index contributed by atoms with van der Waals surface area (Å²) < 4.78 is 0. The van der Waals surface area contributed by atoms with Crippen LogP contribution >= 0.6 is 0 Å². The summed E-state index contributed by atoms with van der Waals surface area (Å²) >= 11 is 0. The van der Waals surface area contributed by atoms with Crippen molar-refractivity contribution in [2.24, 2.45) is 5.92 Å². The Morgan fingerprint density at radius 1 is 1.33 bits per heavy atom. The molecule has 0 heterocycles. The molecule has 0 aliphatic heterocycles. The Morgan fingerprint density at radius 3 is 2.17 bits per heavy atom. The van der Waals surface area contributed by atoms with Gasteiger partial charge in [0.2, 0.25) is 0 Å². The van der Waals surface area contributed by atoms with Crippen molar-refractivity contribution in [1.29, 1.82) is 5.41 Å². The molecule has 0 amide bonds. The van der Waals surface area contributed by atoms with E-state index in [9.17, 15) is 0 Å². The summed E-state index contributed by atoms with van der Waals surface area (Å²) in [6.45, 7) is 8.66. The molecule has 0 aromatic rings. The van der Waals surface area contributed by atoms with Gasteiger partial charge in [-0.2, -0.15) is 0 Å². The van der Waals surface area contributed by atoms with Crippen LogP contribution in [0.2, 0.25) is 0 Å². The van der Waals surface area contributed by atoms with Crippen LogP contribution in [-0.2, 0) is 0 Å². The molecular weight excluding hydrogens is 148 g/mol. The average molecular weight is 170 g/mol. The van der Waals surface area contributed by atoms with Gasteiger partial charge >= 0.3 is 0 Å². The van der Waals surface area contributed by atoms with Gasteiger partial charge in [0.25, 0.3) is 0 Å². The summed E-state index contributed by atoms with van der Waals surface area (Å²) in [5.41, 5.74) is 0. The van der Waals surface area contributed by atoms with Crippen molar-refractivity contribution >= 4 is 5.84 Å². The van der Waals surface area contributed by atoms with Gasteiger partial charge < -0.3 is 4.90 Å². The van der Waals surface area contributed by atoms with E-state index in [0.29, 0.717) is 12.0 Å². The van der Waals surface area contributed by atoms with Gasteiger partial charge in [0.05, 0.1) is 5.84 Å². The topological polar surface area (TPSA) is 27.1 Å². The Kier molecular flexibility index (Phi) is 4.95. The molecule has 1 N–H and O–H groups in total. The lowest BCUT2D eigenvalue weighted by atomic mass is 10.0. The van der Waals surface area contributed by atoms with Gasteiger partial charge in [0.1, 0.15) is 0 Å². The minimum absolute atomic E-state index is 0.498. The van der Waals surface area contributed by atoms with Crippen molar-refractivity contribution in [3.63, 3.8) is 0 Å². The zero-order valence-corrected chi connectivity index (χ0v) is 9.02. The molecule has 0 fully saturated rings. The van der Waals surface area contributed by atoms with E-state index in [1.54, 1.807) is 0 Å². The molecule has 2 nitrogen and oxygen atoms in total. The van der Waals surface area contributed by atoms with Crippen molar-refractivity contribution in [3.8, 4) is 0 Å². The standard InChI is InChI=1S/C10H22N2/c1-6-10(11)12(5)9(4)7-8(2)3/h8-9,11H,6-7H2,1-5H3. The molecule has 12 heavy (non-hydrogen) atoms. The van der Waals surface area contributed by atoms with Crippen molar-refractivity contribution in [2.45, 2.75) is 46.6 Å². The highest BCUT2D eigenvalue weighted by atomic mass is 15.2. The Hall–Kier alpha value is -0.530. The lowest BCUT2D eigenvalue weighted by molar-refractivity contribution is 0.327. The first-order valence-corrected chi connectivity index (χ1v) is 4.79. The number of nitrogens with zero attached hydrogens (tertiary/aromatic N) is 1. The minimum atomic E-state index is 0.498. The first kappa shape index (κ1) is 11.5. The van der Waals surface area contributed by atoms with Gasteiger partial charge in [-0.15, -0.1) is 0 Å². The van der Waals surface area contributed by atoms with Gasteiger partial charge in [-0.1, -0.05) is 20.8 Å². The normalized spacial score (nSPS) is 13.2. The average Bonchev–Trinajstić information content (AvgIpc) is 2.00. The number of hydrogen-bond acceptors (Lipinski definition) is 1. The van der Waals surface area contributed by atoms with E-state index < -0.39 is 0 Å². The van der Waals surface area contributed by atoms with Crippen LogP contribution < -0.4 is 0 Å². The zero-order valence-electron chi connectivity index (χ0n) is 9.02. The molecule has 0 bridgehead atoms. The molecule has 0 aliphatic carbocycles. The van der Waals surface area contributed by atoms with Gasteiger partial charge in [0.15, 0.2) is 0 Å². The van der Waals surface area contributed by atoms with E-state index in [1.165, 1.54) is 6.42 Å². The highest BCUT2D eigenvalue weighted by Gasteiger charge is 2.11. The van der Waals surface area contributed by atoms with Gasteiger partial charge in [-0.3, -0.25) is 5.41 Å². The van der Waals surface area contributed by atoms with E-state index in [1.807, 2.05) is 14.0 Å². The second-order valence-electron chi connectivity index (χ2n) is 3.89. The number of amidine groups is 1. The number of hydrogen-bond donors (Lipinski definition) is 1. The molecule has 0 saturated carbocycles. The van der Waals surface area contributed by atoms with E-state index in [-0.39, 0.29) is 0 Å². The second-order valence-corrected chi connectivity index (χ2v) is 3.89. The van der Waals surface area contributed by atoms with Crippen molar-refractivity contribution in [1.82, 2.24) is 4.90 Å². The second kappa shape index (κ2) is 5.18. The van der Waals surface area contributed by atoms with E-state index in [0.717, 1.165) is 12.3 Å². The molecule has 2 heteroatoms. The van der Waals surface area contributed by atoms with Gasteiger partial charge in [-0.25, -0.2) is 0 Å². The summed E-state index contributed by atoms with van der Waals surface area (Å²) in [7, 11) is 2.01. The first-order valence-electron chi connectivity index (χ1n) is 4.79. The maximum absolute atomic E-state index is 7.64. The van der Waals surface area contributed by atoms with Crippen LogP contribution in [0, 0.1) is 11.3 Å². The van der Waals surface area contributed by atoms with Crippen LogP contribution in [0.15, 0.2) is 0 Å².